The molecule has 3 nitrogen and oxygen atoms in total. The van der Waals surface area contributed by atoms with Crippen LogP contribution in [0, 0.1) is 17.2 Å². The molecule has 0 saturated carbocycles. The van der Waals surface area contributed by atoms with Gasteiger partial charge in [-0.2, -0.15) is 5.26 Å². The first-order chi connectivity index (χ1) is 4.70. The van der Waals surface area contributed by atoms with E-state index in [0.29, 0.717) is 5.92 Å². The minimum Gasteiger partial charge on any atom is -0.394 e. The van der Waals surface area contributed by atoms with E-state index in [1.807, 2.05) is 6.07 Å². The number of hydrogen-bond donors (Lipinski definition) is 2. The highest BCUT2D eigenvalue weighted by Gasteiger charge is 2.03. The molecule has 1 atom stereocenters. The number of nitriles is 1. The molecule has 0 amide bonds. The summed E-state index contributed by atoms with van der Waals surface area (Å²) in [4.78, 5) is 0. The van der Waals surface area contributed by atoms with Gasteiger partial charge in [0, 0.05) is 0 Å². The molecule has 3 heteroatoms. The van der Waals surface area contributed by atoms with Crippen molar-refractivity contribution < 1.29 is 5.11 Å². The van der Waals surface area contributed by atoms with Crippen molar-refractivity contribution in [3.8, 4) is 6.07 Å². The molecule has 0 spiro atoms. The zero-order valence-corrected chi connectivity index (χ0v) is 6.46. The Hall–Kier alpha value is -0.590. The monoisotopic (exact) mass is 142 g/mol. The van der Waals surface area contributed by atoms with Gasteiger partial charge in [-0.05, 0) is 12.5 Å². The first-order valence-corrected chi connectivity index (χ1v) is 3.44. The Morgan fingerprint density at radius 3 is 2.50 bits per heavy atom. The van der Waals surface area contributed by atoms with Crippen LogP contribution in [-0.4, -0.2) is 24.3 Å². The van der Waals surface area contributed by atoms with Gasteiger partial charge < -0.3 is 5.11 Å². The molecule has 0 heterocycles. The van der Waals surface area contributed by atoms with Crippen molar-refractivity contribution in [1.82, 2.24) is 5.32 Å². The topological polar surface area (TPSA) is 56.0 Å². The van der Waals surface area contributed by atoms with Crippen LogP contribution < -0.4 is 5.32 Å². The Labute approximate surface area is 61.7 Å². The van der Waals surface area contributed by atoms with Gasteiger partial charge in [-0.3, -0.25) is 5.32 Å². The molecule has 10 heavy (non-hydrogen) atoms. The Morgan fingerprint density at radius 2 is 2.20 bits per heavy atom. The maximum Gasteiger partial charge on any atom is 0.119 e. The third-order valence-electron chi connectivity index (χ3n) is 1.11. The van der Waals surface area contributed by atoms with Crippen LogP contribution in [0.1, 0.15) is 13.8 Å². The van der Waals surface area contributed by atoms with Crippen LogP contribution in [0.15, 0.2) is 0 Å². The molecule has 1 unspecified atom stereocenters. The number of aliphatic hydroxyl groups excluding tert-OH is 1. The van der Waals surface area contributed by atoms with E-state index in [2.05, 4.69) is 19.2 Å². The standard InChI is InChI=1S/C7H14N2O/c1-6(2)4-9-7(3-8)5-10/h6-7,9-10H,4-5H2,1-2H3. The van der Waals surface area contributed by atoms with Crippen LogP contribution in [0.4, 0.5) is 0 Å². The van der Waals surface area contributed by atoms with Crippen molar-refractivity contribution in [2.45, 2.75) is 19.9 Å². The van der Waals surface area contributed by atoms with Gasteiger partial charge in [0.2, 0.25) is 0 Å². The van der Waals surface area contributed by atoms with Crippen molar-refractivity contribution in [1.29, 1.82) is 5.26 Å². The van der Waals surface area contributed by atoms with Gasteiger partial charge in [0.05, 0.1) is 12.7 Å². The average molecular weight is 142 g/mol. The summed E-state index contributed by atoms with van der Waals surface area (Å²) in [6.45, 7) is 4.78. The predicted molar refractivity (Wildman–Crippen MR) is 39.3 cm³/mol. The van der Waals surface area contributed by atoms with Crippen molar-refractivity contribution in [3.05, 3.63) is 0 Å². The SMILES string of the molecule is CC(C)CNC(C#N)CO. The molecular weight excluding hydrogens is 128 g/mol. The second-order valence-corrected chi connectivity index (χ2v) is 2.67. The van der Waals surface area contributed by atoms with Crippen LogP contribution in [0.3, 0.4) is 0 Å². The van der Waals surface area contributed by atoms with Crippen molar-refractivity contribution in [2.24, 2.45) is 5.92 Å². The Morgan fingerprint density at radius 1 is 1.60 bits per heavy atom. The number of aliphatic hydroxyl groups is 1. The number of hydrogen-bond acceptors (Lipinski definition) is 3. The summed E-state index contributed by atoms with van der Waals surface area (Å²) in [5.74, 6) is 0.516. The first-order valence-electron chi connectivity index (χ1n) is 3.44. The molecule has 58 valence electrons. The van der Waals surface area contributed by atoms with E-state index < -0.39 is 6.04 Å². The number of rotatable bonds is 4. The smallest absolute Gasteiger partial charge is 0.119 e. The average Bonchev–Trinajstić information content (AvgIpc) is 1.90. The Bertz CT molecular complexity index is 117. The number of nitrogens with zero attached hydrogens (tertiary/aromatic N) is 1. The highest BCUT2D eigenvalue weighted by Crippen LogP contribution is 1.88. The van der Waals surface area contributed by atoms with Gasteiger partial charge in [-0.15, -0.1) is 0 Å². The highest BCUT2D eigenvalue weighted by molar-refractivity contribution is 4.88. The van der Waals surface area contributed by atoms with Crippen LogP contribution in [0.25, 0.3) is 0 Å². The molecule has 0 radical (unpaired) electrons. The minimum absolute atomic E-state index is 0.108. The van der Waals surface area contributed by atoms with E-state index >= 15 is 0 Å². The van der Waals surface area contributed by atoms with Crippen molar-refractivity contribution in [2.75, 3.05) is 13.2 Å². The van der Waals surface area contributed by atoms with Gasteiger partial charge in [0.1, 0.15) is 6.04 Å². The molecule has 2 N–H and O–H groups in total. The fourth-order valence-electron chi connectivity index (χ4n) is 0.529. The van der Waals surface area contributed by atoms with E-state index in [-0.39, 0.29) is 6.61 Å². The van der Waals surface area contributed by atoms with Crippen LogP contribution in [0.2, 0.25) is 0 Å². The van der Waals surface area contributed by atoms with E-state index in [4.69, 9.17) is 10.4 Å². The summed E-state index contributed by atoms with van der Waals surface area (Å²) in [7, 11) is 0. The molecule has 0 bridgehead atoms. The molecule has 0 aliphatic rings. The van der Waals surface area contributed by atoms with E-state index in [1.165, 1.54) is 0 Å². The molecule has 0 rings (SSSR count). The van der Waals surface area contributed by atoms with Gasteiger partial charge in [-0.25, -0.2) is 0 Å². The number of nitrogens with one attached hydrogen (secondary N) is 1. The second-order valence-electron chi connectivity index (χ2n) is 2.67. The largest absolute Gasteiger partial charge is 0.394 e. The zero-order valence-electron chi connectivity index (χ0n) is 6.46. The van der Waals surface area contributed by atoms with Crippen LogP contribution >= 0.6 is 0 Å². The predicted octanol–water partition coefficient (Wildman–Crippen LogP) is 0.116. The molecule has 0 aliphatic heterocycles. The van der Waals surface area contributed by atoms with Gasteiger partial charge in [0.25, 0.3) is 0 Å². The van der Waals surface area contributed by atoms with Crippen LogP contribution in [-0.2, 0) is 0 Å². The fraction of sp³-hybridized carbons (Fsp3) is 0.857. The summed E-state index contributed by atoms with van der Waals surface area (Å²) in [5.41, 5.74) is 0. The lowest BCUT2D eigenvalue weighted by atomic mass is 10.2. The molecular formula is C7H14N2O. The molecule has 0 aromatic rings. The Kier molecular flexibility index (Phi) is 4.91. The highest BCUT2D eigenvalue weighted by atomic mass is 16.3. The summed E-state index contributed by atoms with van der Waals surface area (Å²) in [6.07, 6.45) is 0. The summed E-state index contributed by atoms with van der Waals surface area (Å²) >= 11 is 0. The molecule has 0 aromatic heterocycles. The quantitative estimate of drug-likeness (QED) is 0.586. The summed E-state index contributed by atoms with van der Waals surface area (Å²) in [5, 5.41) is 19.8. The van der Waals surface area contributed by atoms with Crippen molar-refractivity contribution >= 4 is 0 Å². The maximum absolute atomic E-state index is 8.55. The van der Waals surface area contributed by atoms with Gasteiger partial charge >= 0.3 is 0 Å². The second kappa shape index (κ2) is 5.21. The first kappa shape index (κ1) is 9.41. The normalized spacial score (nSPS) is 13.1. The molecule has 0 aromatic carbocycles. The van der Waals surface area contributed by atoms with Crippen molar-refractivity contribution in [3.63, 3.8) is 0 Å². The van der Waals surface area contributed by atoms with E-state index in [1.54, 1.807) is 0 Å². The third-order valence-corrected chi connectivity index (χ3v) is 1.11. The fourth-order valence-corrected chi connectivity index (χ4v) is 0.529. The molecule has 0 saturated heterocycles. The minimum atomic E-state index is -0.401. The van der Waals surface area contributed by atoms with E-state index in [9.17, 15) is 0 Å². The Balaban J connectivity index is 3.38. The van der Waals surface area contributed by atoms with E-state index in [0.717, 1.165) is 6.54 Å². The lowest BCUT2D eigenvalue weighted by Gasteiger charge is -2.09. The third kappa shape index (κ3) is 4.30. The summed E-state index contributed by atoms with van der Waals surface area (Å²) < 4.78 is 0. The van der Waals surface area contributed by atoms with Gasteiger partial charge in [-0.1, -0.05) is 13.8 Å². The maximum atomic E-state index is 8.55. The molecule has 0 aliphatic carbocycles. The molecule has 0 fully saturated rings. The lowest BCUT2D eigenvalue weighted by molar-refractivity contribution is 0.264. The zero-order chi connectivity index (χ0) is 7.98. The lowest BCUT2D eigenvalue weighted by Crippen LogP contribution is -2.33. The summed E-state index contributed by atoms with van der Waals surface area (Å²) in [6, 6.07) is 1.55. The van der Waals surface area contributed by atoms with Gasteiger partial charge in [0.15, 0.2) is 0 Å². The van der Waals surface area contributed by atoms with Crippen LogP contribution in [0.5, 0.6) is 0 Å².